The lowest BCUT2D eigenvalue weighted by Crippen LogP contribution is -2.47. The van der Waals surface area contributed by atoms with Crippen LogP contribution in [0.3, 0.4) is 0 Å². The third kappa shape index (κ3) is 3.57. The first-order valence-corrected chi connectivity index (χ1v) is 6.39. The summed E-state index contributed by atoms with van der Waals surface area (Å²) in [6.45, 7) is 0.461. The highest BCUT2D eigenvalue weighted by Crippen LogP contribution is 2.14. The van der Waals surface area contributed by atoms with E-state index in [1.54, 1.807) is 13.1 Å². The van der Waals surface area contributed by atoms with Gasteiger partial charge in [0.2, 0.25) is 5.91 Å². The van der Waals surface area contributed by atoms with E-state index in [2.05, 4.69) is 20.9 Å². The molecular formula is C12H15ClN4O2. The van der Waals surface area contributed by atoms with Crippen molar-refractivity contribution < 1.29 is 9.59 Å². The zero-order valence-corrected chi connectivity index (χ0v) is 11.3. The number of amides is 2. The van der Waals surface area contributed by atoms with Crippen molar-refractivity contribution in [3.8, 4) is 0 Å². The molecule has 2 heterocycles. The first-order valence-electron chi connectivity index (χ1n) is 6.01. The van der Waals surface area contributed by atoms with E-state index in [9.17, 15) is 9.59 Å². The highest BCUT2D eigenvalue weighted by molar-refractivity contribution is 6.29. The van der Waals surface area contributed by atoms with Crippen molar-refractivity contribution in [2.24, 2.45) is 0 Å². The van der Waals surface area contributed by atoms with Crippen LogP contribution in [0.25, 0.3) is 0 Å². The first kappa shape index (κ1) is 13.6. The lowest BCUT2D eigenvalue weighted by molar-refractivity contribution is -0.122. The van der Waals surface area contributed by atoms with Crippen LogP contribution >= 0.6 is 11.6 Å². The standard InChI is InChI=1S/C12H15ClN4O2/c1-14-10-5-7(4-9(13)17-10)12(19)16-8-2-3-11(18)15-6-8/h4-5,8H,2-3,6H2,1H3,(H,14,17)(H,15,18)(H,16,19). The maximum atomic E-state index is 12.1. The zero-order valence-electron chi connectivity index (χ0n) is 10.5. The quantitative estimate of drug-likeness (QED) is 0.716. The Morgan fingerprint density at radius 1 is 1.53 bits per heavy atom. The number of carbonyl (C=O) groups excluding carboxylic acids is 2. The van der Waals surface area contributed by atoms with Crippen molar-refractivity contribution >= 4 is 29.2 Å². The third-order valence-corrected chi connectivity index (χ3v) is 3.11. The first-order chi connectivity index (χ1) is 9.08. The lowest BCUT2D eigenvalue weighted by Gasteiger charge is -2.23. The fourth-order valence-electron chi connectivity index (χ4n) is 1.88. The molecule has 1 fully saturated rings. The van der Waals surface area contributed by atoms with Crippen LogP contribution in [0.15, 0.2) is 12.1 Å². The van der Waals surface area contributed by atoms with Crippen LogP contribution in [0, 0.1) is 0 Å². The largest absolute Gasteiger partial charge is 0.373 e. The molecule has 6 nitrogen and oxygen atoms in total. The average Bonchev–Trinajstić information content (AvgIpc) is 2.40. The monoisotopic (exact) mass is 282 g/mol. The van der Waals surface area contributed by atoms with Crippen LogP contribution in [0.2, 0.25) is 5.15 Å². The van der Waals surface area contributed by atoms with Crippen LogP contribution in [0.4, 0.5) is 5.82 Å². The predicted octanol–water partition coefficient (Wildman–Crippen LogP) is 0.785. The molecule has 1 saturated heterocycles. The maximum Gasteiger partial charge on any atom is 0.251 e. The Morgan fingerprint density at radius 2 is 2.32 bits per heavy atom. The van der Waals surface area contributed by atoms with Gasteiger partial charge >= 0.3 is 0 Å². The van der Waals surface area contributed by atoms with Gasteiger partial charge in [0.1, 0.15) is 11.0 Å². The molecule has 0 aromatic carbocycles. The Labute approximate surface area is 115 Å². The molecular weight excluding hydrogens is 268 g/mol. The number of nitrogens with zero attached hydrogens (tertiary/aromatic N) is 1. The van der Waals surface area contributed by atoms with Crippen molar-refractivity contribution in [1.29, 1.82) is 0 Å². The molecule has 1 aromatic heterocycles. The van der Waals surface area contributed by atoms with Gasteiger partial charge in [0, 0.05) is 31.6 Å². The number of piperidine rings is 1. The zero-order chi connectivity index (χ0) is 13.8. The molecule has 19 heavy (non-hydrogen) atoms. The second-order valence-corrected chi connectivity index (χ2v) is 4.71. The van der Waals surface area contributed by atoms with Crippen LogP contribution in [0.5, 0.6) is 0 Å². The summed E-state index contributed by atoms with van der Waals surface area (Å²) in [5.74, 6) is 0.339. The third-order valence-electron chi connectivity index (χ3n) is 2.91. The molecule has 1 aliphatic rings. The molecule has 1 unspecified atom stereocenters. The summed E-state index contributed by atoms with van der Waals surface area (Å²) in [6, 6.07) is 3.09. The van der Waals surface area contributed by atoms with Gasteiger partial charge in [0.05, 0.1) is 0 Å². The molecule has 1 atom stereocenters. The summed E-state index contributed by atoms with van der Waals surface area (Å²) in [7, 11) is 1.71. The summed E-state index contributed by atoms with van der Waals surface area (Å²) in [5, 5.41) is 8.68. The summed E-state index contributed by atoms with van der Waals surface area (Å²) in [5.41, 5.74) is 0.446. The van der Waals surface area contributed by atoms with E-state index >= 15 is 0 Å². The average molecular weight is 283 g/mol. The van der Waals surface area contributed by atoms with E-state index in [4.69, 9.17) is 11.6 Å². The molecule has 0 saturated carbocycles. The van der Waals surface area contributed by atoms with Gasteiger partial charge in [-0.25, -0.2) is 4.98 Å². The number of rotatable bonds is 3. The van der Waals surface area contributed by atoms with E-state index in [-0.39, 0.29) is 23.0 Å². The van der Waals surface area contributed by atoms with Gasteiger partial charge in [-0.05, 0) is 18.6 Å². The Balaban J connectivity index is 2.03. The number of nitrogens with one attached hydrogen (secondary N) is 3. The molecule has 102 valence electrons. The normalized spacial score (nSPS) is 18.6. The van der Waals surface area contributed by atoms with Crippen molar-refractivity contribution in [2.75, 3.05) is 18.9 Å². The molecule has 2 amide bonds. The second kappa shape index (κ2) is 5.88. The molecule has 0 aliphatic carbocycles. The number of hydrogen-bond acceptors (Lipinski definition) is 4. The fourth-order valence-corrected chi connectivity index (χ4v) is 2.09. The van der Waals surface area contributed by atoms with E-state index in [1.807, 2.05) is 0 Å². The Morgan fingerprint density at radius 3 is 2.95 bits per heavy atom. The van der Waals surface area contributed by atoms with Crippen molar-refractivity contribution in [3.63, 3.8) is 0 Å². The predicted molar refractivity (Wildman–Crippen MR) is 72.3 cm³/mol. The van der Waals surface area contributed by atoms with Gasteiger partial charge in [-0.15, -0.1) is 0 Å². The molecule has 0 radical (unpaired) electrons. The summed E-state index contributed by atoms with van der Waals surface area (Å²) < 4.78 is 0. The van der Waals surface area contributed by atoms with Crippen molar-refractivity contribution in [1.82, 2.24) is 15.6 Å². The second-order valence-electron chi connectivity index (χ2n) is 4.33. The molecule has 0 bridgehead atoms. The van der Waals surface area contributed by atoms with Gasteiger partial charge in [-0.1, -0.05) is 11.6 Å². The fraction of sp³-hybridized carbons (Fsp3) is 0.417. The Bertz CT molecular complexity index is 497. The van der Waals surface area contributed by atoms with Gasteiger partial charge in [-0.3, -0.25) is 9.59 Å². The molecule has 3 N–H and O–H groups in total. The molecule has 2 rings (SSSR count). The van der Waals surface area contributed by atoms with E-state index in [0.717, 1.165) is 0 Å². The van der Waals surface area contributed by atoms with E-state index < -0.39 is 0 Å². The van der Waals surface area contributed by atoms with E-state index in [1.165, 1.54) is 6.07 Å². The molecule has 7 heteroatoms. The lowest BCUT2D eigenvalue weighted by atomic mass is 10.1. The number of halogens is 1. The van der Waals surface area contributed by atoms with Crippen LogP contribution < -0.4 is 16.0 Å². The molecule has 1 aromatic rings. The Hall–Kier alpha value is -1.82. The topological polar surface area (TPSA) is 83.1 Å². The summed E-state index contributed by atoms with van der Waals surface area (Å²) >= 11 is 5.85. The highest BCUT2D eigenvalue weighted by Gasteiger charge is 2.20. The van der Waals surface area contributed by atoms with Gasteiger partial charge < -0.3 is 16.0 Å². The SMILES string of the molecule is CNc1cc(C(=O)NC2CCC(=O)NC2)cc(Cl)n1. The molecule has 1 aliphatic heterocycles. The minimum Gasteiger partial charge on any atom is -0.373 e. The van der Waals surface area contributed by atoms with Gasteiger partial charge in [0.25, 0.3) is 5.91 Å². The molecule has 0 spiro atoms. The minimum atomic E-state index is -0.220. The maximum absolute atomic E-state index is 12.1. The van der Waals surface area contributed by atoms with Gasteiger partial charge in [-0.2, -0.15) is 0 Å². The van der Waals surface area contributed by atoms with Crippen LogP contribution in [-0.2, 0) is 4.79 Å². The number of pyridine rings is 1. The minimum absolute atomic E-state index is 0.0231. The van der Waals surface area contributed by atoms with Crippen molar-refractivity contribution in [2.45, 2.75) is 18.9 Å². The van der Waals surface area contributed by atoms with Crippen LogP contribution in [-0.4, -0.2) is 36.4 Å². The number of anilines is 1. The van der Waals surface area contributed by atoms with Gasteiger partial charge in [0.15, 0.2) is 0 Å². The Kier molecular flexibility index (Phi) is 4.21. The number of aromatic nitrogens is 1. The highest BCUT2D eigenvalue weighted by atomic mass is 35.5. The number of hydrogen-bond donors (Lipinski definition) is 3. The van der Waals surface area contributed by atoms with E-state index in [0.29, 0.717) is 30.8 Å². The number of carbonyl (C=O) groups is 2. The van der Waals surface area contributed by atoms with Crippen molar-refractivity contribution in [3.05, 3.63) is 22.8 Å². The smallest absolute Gasteiger partial charge is 0.251 e. The van der Waals surface area contributed by atoms with Crippen LogP contribution in [0.1, 0.15) is 23.2 Å². The summed E-state index contributed by atoms with van der Waals surface area (Å²) in [4.78, 5) is 27.1. The summed E-state index contributed by atoms with van der Waals surface area (Å²) in [6.07, 6.45) is 1.08.